The van der Waals surface area contributed by atoms with Gasteiger partial charge >= 0.3 is 0 Å². The van der Waals surface area contributed by atoms with E-state index in [1.807, 2.05) is 30.3 Å². The molecular weight excluding hydrogens is 252 g/mol. The Balaban J connectivity index is 1.92. The van der Waals surface area contributed by atoms with Gasteiger partial charge < -0.3 is 9.52 Å². The number of nitrogens with zero attached hydrogens (tertiary/aromatic N) is 2. The Morgan fingerprint density at radius 1 is 0.900 bits per heavy atom. The number of hydrogen-bond donors (Lipinski definition) is 1. The first kappa shape index (κ1) is 12.2. The summed E-state index contributed by atoms with van der Waals surface area (Å²) >= 11 is 0. The van der Waals surface area contributed by atoms with Crippen molar-refractivity contribution in [1.82, 2.24) is 0 Å². The lowest BCUT2D eigenvalue weighted by atomic mass is 10.0. The van der Waals surface area contributed by atoms with Crippen LogP contribution in [0.4, 0.5) is 0 Å². The molecule has 4 heteroatoms. The number of phenolic OH excluding ortho intramolecular Hbond substituents is 1. The van der Waals surface area contributed by atoms with Crippen LogP contribution in [-0.4, -0.2) is 17.5 Å². The van der Waals surface area contributed by atoms with Gasteiger partial charge in [-0.2, -0.15) is 10.2 Å². The second-order valence-corrected chi connectivity index (χ2v) is 4.22. The molecule has 0 spiro atoms. The minimum atomic E-state index is 0.181. The van der Waals surface area contributed by atoms with E-state index in [-0.39, 0.29) is 5.75 Å². The van der Waals surface area contributed by atoms with Gasteiger partial charge in [-0.15, -0.1) is 0 Å². The largest absolute Gasteiger partial charge is 0.507 e. The molecule has 3 rings (SSSR count). The molecule has 0 bridgehead atoms. The Labute approximate surface area is 115 Å². The van der Waals surface area contributed by atoms with Gasteiger partial charge in [0.05, 0.1) is 18.7 Å². The van der Waals surface area contributed by atoms with Gasteiger partial charge in [-0.25, -0.2) is 0 Å². The van der Waals surface area contributed by atoms with Crippen molar-refractivity contribution in [1.29, 1.82) is 0 Å². The van der Waals surface area contributed by atoms with Crippen LogP contribution in [0.3, 0.4) is 0 Å². The number of benzene rings is 2. The minimum Gasteiger partial charge on any atom is -0.507 e. The zero-order valence-electron chi connectivity index (χ0n) is 10.6. The number of fused-ring (bicyclic) bond motifs is 1. The number of hydrogen-bond acceptors (Lipinski definition) is 4. The smallest absolute Gasteiger partial charge is 0.146 e. The zero-order chi connectivity index (χ0) is 13.8. The quantitative estimate of drug-likeness (QED) is 0.580. The molecule has 20 heavy (non-hydrogen) atoms. The molecule has 3 aromatic rings. The molecule has 0 saturated carbocycles. The number of furan rings is 1. The Bertz CT molecular complexity index is 774. The van der Waals surface area contributed by atoms with Gasteiger partial charge in [-0.1, -0.05) is 30.3 Å². The van der Waals surface area contributed by atoms with Crippen molar-refractivity contribution in [3.05, 3.63) is 66.1 Å². The molecule has 4 nitrogen and oxygen atoms in total. The Morgan fingerprint density at radius 2 is 1.75 bits per heavy atom. The monoisotopic (exact) mass is 264 g/mol. The van der Waals surface area contributed by atoms with Crippen molar-refractivity contribution in [3.63, 3.8) is 0 Å². The first-order chi connectivity index (χ1) is 9.84. The average molecular weight is 264 g/mol. The van der Waals surface area contributed by atoms with E-state index >= 15 is 0 Å². The summed E-state index contributed by atoms with van der Waals surface area (Å²) < 4.78 is 5.11. The van der Waals surface area contributed by atoms with Gasteiger partial charge in [0.25, 0.3) is 0 Å². The van der Waals surface area contributed by atoms with Gasteiger partial charge in [0, 0.05) is 5.56 Å². The summed E-state index contributed by atoms with van der Waals surface area (Å²) in [5.74, 6) is 0.810. The summed E-state index contributed by atoms with van der Waals surface area (Å²) in [6.07, 6.45) is 4.62. The van der Waals surface area contributed by atoms with Crippen LogP contribution in [0.5, 0.6) is 5.75 Å². The Hall–Kier alpha value is -2.88. The van der Waals surface area contributed by atoms with Crippen molar-refractivity contribution >= 4 is 23.2 Å². The van der Waals surface area contributed by atoms with Gasteiger partial charge in [-0.05, 0) is 29.0 Å². The van der Waals surface area contributed by atoms with Gasteiger partial charge in [0.15, 0.2) is 0 Å². The minimum absolute atomic E-state index is 0.181. The van der Waals surface area contributed by atoms with Crippen molar-refractivity contribution < 1.29 is 9.52 Å². The van der Waals surface area contributed by atoms with E-state index in [2.05, 4.69) is 10.2 Å². The lowest BCUT2D eigenvalue weighted by Gasteiger charge is -2.03. The predicted octanol–water partition coefficient (Wildman–Crippen LogP) is 3.59. The molecule has 1 heterocycles. The van der Waals surface area contributed by atoms with E-state index in [0.717, 1.165) is 10.8 Å². The summed E-state index contributed by atoms with van der Waals surface area (Å²) in [4.78, 5) is 0. The highest BCUT2D eigenvalue weighted by molar-refractivity contribution is 6.02. The van der Waals surface area contributed by atoms with Crippen LogP contribution >= 0.6 is 0 Å². The number of phenols is 1. The normalized spacial score (nSPS) is 11.8. The molecule has 1 aromatic heterocycles. The van der Waals surface area contributed by atoms with E-state index in [1.54, 1.807) is 24.5 Å². The molecule has 0 aliphatic carbocycles. The van der Waals surface area contributed by atoms with Gasteiger partial charge in [0.2, 0.25) is 0 Å². The Kier molecular flexibility index (Phi) is 3.29. The van der Waals surface area contributed by atoms with Crippen molar-refractivity contribution in [2.24, 2.45) is 10.2 Å². The molecule has 98 valence electrons. The highest BCUT2D eigenvalue weighted by Gasteiger charge is 2.03. The lowest BCUT2D eigenvalue weighted by molar-refractivity contribution is 0.475. The van der Waals surface area contributed by atoms with Crippen LogP contribution in [0.1, 0.15) is 11.3 Å². The molecular formula is C16H12N2O2. The maximum Gasteiger partial charge on any atom is 0.146 e. The third kappa shape index (κ3) is 2.44. The second kappa shape index (κ2) is 5.40. The molecule has 2 aromatic carbocycles. The van der Waals surface area contributed by atoms with Crippen molar-refractivity contribution in [2.45, 2.75) is 0 Å². The summed E-state index contributed by atoms with van der Waals surface area (Å²) in [6, 6.07) is 14.9. The first-order valence-electron chi connectivity index (χ1n) is 6.15. The maximum atomic E-state index is 9.93. The number of rotatable bonds is 3. The molecule has 0 saturated heterocycles. The number of aromatic hydroxyl groups is 1. The summed E-state index contributed by atoms with van der Waals surface area (Å²) in [5.41, 5.74) is 0.652. The molecule has 0 fully saturated rings. The van der Waals surface area contributed by atoms with Crippen LogP contribution in [0, 0.1) is 0 Å². The van der Waals surface area contributed by atoms with E-state index in [9.17, 15) is 5.11 Å². The van der Waals surface area contributed by atoms with E-state index in [4.69, 9.17) is 4.42 Å². The third-order valence-electron chi connectivity index (χ3n) is 2.93. The third-order valence-corrected chi connectivity index (χ3v) is 2.93. The van der Waals surface area contributed by atoms with Crippen LogP contribution in [0.15, 0.2) is 69.4 Å². The van der Waals surface area contributed by atoms with Gasteiger partial charge in [0.1, 0.15) is 11.5 Å². The molecule has 0 radical (unpaired) electrons. The first-order valence-corrected chi connectivity index (χ1v) is 6.15. The predicted molar refractivity (Wildman–Crippen MR) is 79.5 cm³/mol. The van der Waals surface area contributed by atoms with Crippen molar-refractivity contribution in [3.8, 4) is 5.75 Å². The maximum absolute atomic E-state index is 9.93. The topological polar surface area (TPSA) is 58.1 Å². The van der Waals surface area contributed by atoms with Crippen LogP contribution in [0.2, 0.25) is 0 Å². The molecule has 0 aliphatic rings. The average Bonchev–Trinajstić information content (AvgIpc) is 2.98. The standard InChI is InChI=1S/C16H12N2O2/c19-16-8-7-12-4-1-2-6-14(12)15(16)11-18-17-10-13-5-3-9-20-13/h1-11,19H/b17-10-,18-11+. The molecule has 0 unspecified atom stereocenters. The van der Waals surface area contributed by atoms with Gasteiger partial charge in [-0.3, -0.25) is 0 Å². The Morgan fingerprint density at radius 3 is 2.60 bits per heavy atom. The highest BCUT2D eigenvalue weighted by atomic mass is 16.3. The van der Waals surface area contributed by atoms with E-state index < -0.39 is 0 Å². The highest BCUT2D eigenvalue weighted by Crippen LogP contribution is 2.25. The van der Waals surface area contributed by atoms with Crippen LogP contribution < -0.4 is 0 Å². The van der Waals surface area contributed by atoms with E-state index in [0.29, 0.717) is 11.3 Å². The second-order valence-electron chi connectivity index (χ2n) is 4.22. The fourth-order valence-corrected chi connectivity index (χ4v) is 1.97. The fraction of sp³-hybridized carbons (Fsp3) is 0. The molecule has 0 aliphatic heterocycles. The van der Waals surface area contributed by atoms with E-state index in [1.165, 1.54) is 12.4 Å². The summed E-state index contributed by atoms with van der Waals surface area (Å²) in [6.45, 7) is 0. The zero-order valence-corrected chi connectivity index (χ0v) is 10.6. The van der Waals surface area contributed by atoms with Crippen LogP contribution in [-0.2, 0) is 0 Å². The summed E-state index contributed by atoms with van der Waals surface area (Å²) in [5, 5.41) is 19.8. The SMILES string of the molecule is Oc1ccc2ccccc2c1/C=N/N=C\c1ccco1. The molecule has 0 atom stereocenters. The summed E-state index contributed by atoms with van der Waals surface area (Å²) in [7, 11) is 0. The van der Waals surface area contributed by atoms with Crippen molar-refractivity contribution in [2.75, 3.05) is 0 Å². The van der Waals surface area contributed by atoms with Crippen LogP contribution in [0.25, 0.3) is 10.8 Å². The molecule has 0 amide bonds. The molecule has 1 N–H and O–H groups in total. The lowest BCUT2D eigenvalue weighted by Crippen LogP contribution is -1.85. The fourth-order valence-electron chi connectivity index (χ4n) is 1.97.